The molecule has 1 saturated heterocycles. The predicted octanol–water partition coefficient (Wildman–Crippen LogP) is 5.73. The monoisotopic (exact) mass is 434 g/mol. The fourth-order valence-corrected chi connectivity index (χ4v) is 4.91. The van der Waals surface area contributed by atoms with Gasteiger partial charge in [-0.25, -0.2) is 4.98 Å². The summed E-state index contributed by atoms with van der Waals surface area (Å²) in [6, 6.07) is 13.4. The molecule has 1 fully saturated rings. The zero-order valence-corrected chi connectivity index (χ0v) is 16.6. The highest BCUT2D eigenvalue weighted by molar-refractivity contribution is 9.10. The number of carbonyl (C=O) groups excluding carboxylic acids is 1. The van der Waals surface area contributed by atoms with Crippen molar-refractivity contribution >= 4 is 55.0 Å². The lowest BCUT2D eigenvalue weighted by molar-refractivity contribution is 0.0713. The largest absolute Gasteiger partial charge is 0.339 e. The third kappa shape index (κ3) is 3.59. The van der Waals surface area contributed by atoms with Crippen LogP contribution in [-0.2, 0) is 0 Å². The molecule has 3 nitrogen and oxygen atoms in total. The molecule has 25 heavy (non-hydrogen) atoms. The standard InChI is InChI=1S/C19H16BrClN2OS/c20-14-3-1-2-13(10-14)19(24)23-8-6-12(7-9-23)18-22-16-11-15(21)4-5-17(16)25-18/h1-5,10-12H,6-9H2. The molecular weight excluding hydrogens is 420 g/mol. The van der Waals surface area contributed by atoms with Crippen molar-refractivity contribution in [1.29, 1.82) is 0 Å². The zero-order valence-electron chi connectivity index (χ0n) is 13.4. The van der Waals surface area contributed by atoms with E-state index >= 15 is 0 Å². The number of piperidine rings is 1. The molecule has 0 N–H and O–H groups in total. The van der Waals surface area contributed by atoms with Gasteiger partial charge in [0, 0.05) is 34.1 Å². The first-order chi connectivity index (χ1) is 12.1. The first-order valence-corrected chi connectivity index (χ1v) is 10.2. The van der Waals surface area contributed by atoms with Crippen LogP contribution in [0.2, 0.25) is 5.02 Å². The van der Waals surface area contributed by atoms with E-state index in [0.29, 0.717) is 5.92 Å². The molecule has 128 valence electrons. The minimum atomic E-state index is 0.107. The molecule has 0 saturated carbocycles. The number of rotatable bonds is 2. The van der Waals surface area contributed by atoms with Crippen molar-refractivity contribution in [3.63, 3.8) is 0 Å². The highest BCUT2D eigenvalue weighted by Crippen LogP contribution is 2.35. The summed E-state index contributed by atoms with van der Waals surface area (Å²) in [6.07, 6.45) is 1.90. The van der Waals surface area contributed by atoms with Crippen molar-refractivity contribution in [3.8, 4) is 0 Å². The van der Waals surface area contributed by atoms with Gasteiger partial charge in [0.05, 0.1) is 15.2 Å². The van der Waals surface area contributed by atoms with Crippen LogP contribution in [0.25, 0.3) is 10.2 Å². The summed E-state index contributed by atoms with van der Waals surface area (Å²) in [5.41, 5.74) is 1.71. The van der Waals surface area contributed by atoms with Crippen molar-refractivity contribution < 1.29 is 4.79 Å². The molecule has 3 aromatic rings. The fraction of sp³-hybridized carbons (Fsp3) is 0.263. The van der Waals surface area contributed by atoms with E-state index in [9.17, 15) is 4.79 Å². The number of likely N-dealkylation sites (tertiary alicyclic amines) is 1. The topological polar surface area (TPSA) is 33.2 Å². The molecule has 1 aliphatic rings. The summed E-state index contributed by atoms with van der Waals surface area (Å²) in [7, 11) is 0. The molecule has 1 amide bonds. The quantitative estimate of drug-likeness (QED) is 0.515. The maximum atomic E-state index is 12.7. The van der Waals surface area contributed by atoms with Gasteiger partial charge in [0.25, 0.3) is 5.91 Å². The van der Waals surface area contributed by atoms with Crippen LogP contribution in [-0.4, -0.2) is 28.9 Å². The lowest BCUT2D eigenvalue weighted by Gasteiger charge is -2.31. The van der Waals surface area contributed by atoms with Crippen LogP contribution in [0, 0.1) is 0 Å². The number of fused-ring (bicyclic) bond motifs is 1. The normalized spacial score (nSPS) is 15.7. The van der Waals surface area contributed by atoms with E-state index in [2.05, 4.69) is 15.9 Å². The SMILES string of the molecule is O=C(c1cccc(Br)c1)N1CCC(c2nc3cc(Cl)ccc3s2)CC1. The average Bonchev–Trinajstić information content (AvgIpc) is 3.04. The van der Waals surface area contributed by atoms with Crippen molar-refractivity contribution in [2.24, 2.45) is 0 Å². The van der Waals surface area contributed by atoms with Gasteiger partial charge < -0.3 is 4.90 Å². The number of aromatic nitrogens is 1. The van der Waals surface area contributed by atoms with Crippen molar-refractivity contribution in [2.45, 2.75) is 18.8 Å². The van der Waals surface area contributed by atoms with E-state index in [1.165, 1.54) is 4.70 Å². The Labute approximate surface area is 163 Å². The van der Waals surface area contributed by atoms with E-state index in [-0.39, 0.29) is 5.91 Å². The summed E-state index contributed by atoms with van der Waals surface area (Å²) >= 11 is 11.2. The van der Waals surface area contributed by atoms with Gasteiger partial charge in [-0.3, -0.25) is 4.79 Å². The number of amides is 1. The molecule has 6 heteroatoms. The summed E-state index contributed by atoms with van der Waals surface area (Å²) in [5.74, 6) is 0.526. The first-order valence-electron chi connectivity index (χ1n) is 8.21. The maximum absolute atomic E-state index is 12.7. The lowest BCUT2D eigenvalue weighted by Crippen LogP contribution is -2.37. The van der Waals surface area contributed by atoms with E-state index in [0.717, 1.165) is 51.5 Å². The number of hydrogen-bond acceptors (Lipinski definition) is 3. The van der Waals surface area contributed by atoms with Gasteiger partial charge in [-0.05, 0) is 49.2 Å². The summed E-state index contributed by atoms with van der Waals surface area (Å²) in [5, 5.41) is 1.88. The molecule has 2 aromatic carbocycles. The number of hydrogen-bond donors (Lipinski definition) is 0. The molecule has 1 aliphatic heterocycles. The lowest BCUT2D eigenvalue weighted by atomic mass is 9.97. The Morgan fingerprint density at radius 1 is 1.20 bits per heavy atom. The fourth-order valence-electron chi connectivity index (χ4n) is 3.23. The van der Waals surface area contributed by atoms with Crippen LogP contribution in [0.3, 0.4) is 0 Å². The number of thiazole rings is 1. The Hall–Kier alpha value is -1.43. The minimum absolute atomic E-state index is 0.107. The van der Waals surface area contributed by atoms with Gasteiger partial charge in [-0.2, -0.15) is 0 Å². The molecule has 0 unspecified atom stereocenters. The maximum Gasteiger partial charge on any atom is 0.253 e. The second-order valence-corrected chi connectivity index (χ2v) is 8.66. The molecule has 4 rings (SSSR count). The van der Waals surface area contributed by atoms with E-state index in [1.54, 1.807) is 11.3 Å². The molecule has 0 radical (unpaired) electrons. The predicted molar refractivity (Wildman–Crippen MR) is 107 cm³/mol. The van der Waals surface area contributed by atoms with E-state index < -0.39 is 0 Å². The number of halogens is 2. The van der Waals surface area contributed by atoms with Gasteiger partial charge in [0.15, 0.2) is 0 Å². The summed E-state index contributed by atoms with van der Waals surface area (Å²) in [4.78, 5) is 19.4. The highest BCUT2D eigenvalue weighted by Gasteiger charge is 2.26. The first kappa shape index (κ1) is 17.0. The van der Waals surface area contributed by atoms with E-state index in [4.69, 9.17) is 16.6 Å². The summed E-state index contributed by atoms with van der Waals surface area (Å²) < 4.78 is 2.11. The molecule has 0 aliphatic carbocycles. The number of nitrogens with zero attached hydrogens (tertiary/aromatic N) is 2. The van der Waals surface area contributed by atoms with Crippen molar-refractivity contribution in [2.75, 3.05) is 13.1 Å². The molecule has 2 heterocycles. The Morgan fingerprint density at radius 2 is 2.00 bits per heavy atom. The van der Waals surface area contributed by atoms with Crippen LogP contribution in [0.15, 0.2) is 46.9 Å². The summed E-state index contributed by atoms with van der Waals surface area (Å²) in [6.45, 7) is 1.54. The van der Waals surface area contributed by atoms with Gasteiger partial charge >= 0.3 is 0 Å². The second-order valence-electron chi connectivity index (χ2n) is 6.24. The van der Waals surface area contributed by atoms with Crippen LogP contribution in [0.1, 0.15) is 34.1 Å². The zero-order chi connectivity index (χ0) is 17.4. The molecule has 0 bridgehead atoms. The third-order valence-electron chi connectivity index (χ3n) is 4.57. The highest BCUT2D eigenvalue weighted by atomic mass is 79.9. The second kappa shape index (κ2) is 7.06. The van der Waals surface area contributed by atoms with Crippen LogP contribution in [0.5, 0.6) is 0 Å². The smallest absolute Gasteiger partial charge is 0.253 e. The molecular formula is C19H16BrClN2OS. The van der Waals surface area contributed by atoms with Crippen LogP contribution in [0.4, 0.5) is 0 Å². The molecule has 0 atom stereocenters. The Kier molecular flexibility index (Phi) is 4.80. The van der Waals surface area contributed by atoms with Crippen molar-refractivity contribution in [1.82, 2.24) is 9.88 Å². The van der Waals surface area contributed by atoms with Gasteiger partial charge in [-0.15, -0.1) is 11.3 Å². The third-order valence-corrected chi connectivity index (χ3v) is 6.50. The average molecular weight is 436 g/mol. The van der Waals surface area contributed by atoms with Gasteiger partial charge in [0.1, 0.15) is 0 Å². The van der Waals surface area contributed by atoms with Crippen LogP contribution < -0.4 is 0 Å². The number of carbonyl (C=O) groups is 1. The van der Waals surface area contributed by atoms with E-state index in [1.807, 2.05) is 47.4 Å². The molecule has 1 aromatic heterocycles. The molecule has 0 spiro atoms. The Bertz CT molecular complexity index is 934. The number of benzene rings is 2. The van der Waals surface area contributed by atoms with Gasteiger partial charge in [0.2, 0.25) is 0 Å². The Balaban J connectivity index is 1.46. The Morgan fingerprint density at radius 3 is 2.76 bits per heavy atom. The van der Waals surface area contributed by atoms with Crippen molar-refractivity contribution in [3.05, 3.63) is 62.5 Å². The minimum Gasteiger partial charge on any atom is -0.339 e. The van der Waals surface area contributed by atoms with Gasteiger partial charge in [-0.1, -0.05) is 33.6 Å². The van der Waals surface area contributed by atoms with Crippen LogP contribution >= 0.6 is 38.9 Å².